The summed E-state index contributed by atoms with van der Waals surface area (Å²) >= 11 is 0. The lowest BCUT2D eigenvalue weighted by Gasteiger charge is -2.16. The lowest BCUT2D eigenvalue weighted by atomic mass is 10.0. The van der Waals surface area contributed by atoms with Crippen LogP contribution in [-0.4, -0.2) is 50.7 Å². The van der Waals surface area contributed by atoms with Crippen LogP contribution in [0.1, 0.15) is 26.2 Å². The molecule has 0 aliphatic carbocycles. The Kier molecular flexibility index (Phi) is 6.42. The van der Waals surface area contributed by atoms with Gasteiger partial charge in [0.15, 0.2) is 0 Å². The zero-order chi connectivity index (χ0) is 11.8. The number of carbonyl (C=O) groups excluding carboxylic acids is 1. The Bertz CT molecular complexity index is 209. The molecule has 0 aromatic heterocycles. The van der Waals surface area contributed by atoms with E-state index in [-0.39, 0.29) is 5.91 Å². The quantitative estimate of drug-likeness (QED) is 0.657. The number of rotatable bonds is 7. The molecule has 1 atom stereocenters. The summed E-state index contributed by atoms with van der Waals surface area (Å²) in [4.78, 5) is 13.8. The third-order valence-electron chi connectivity index (χ3n) is 3.09. The van der Waals surface area contributed by atoms with E-state index >= 15 is 0 Å². The summed E-state index contributed by atoms with van der Waals surface area (Å²) in [5.41, 5.74) is 0. The van der Waals surface area contributed by atoms with E-state index in [1.807, 2.05) is 4.90 Å². The molecule has 0 saturated carbocycles. The van der Waals surface area contributed by atoms with Gasteiger partial charge in [0.1, 0.15) is 0 Å². The van der Waals surface area contributed by atoms with Crippen molar-refractivity contribution in [1.82, 2.24) is 10.2 Å². The Hall–Kier alpha value is -0.610. The number of hydrogen-bond acceptors (Lipinski definition) is 3. The highest BCUT2D eigenvalue weighted by Gasteiger charge is 2.24. The van der Waals surface area contributed by atoms with Crippen molar-refractivity contribution in [1.29, 1.82) is 0 Å². The third-order valence-corrected chi connectivity index (χ3v) is 3.09. The number of amides is 1. The van der Waals surface area contributed by atoms with Crippen LogP contribution in [0.25, 0.3) is 0 Å². The lowest BCUT2D eigenvalue weighted by Crippen LogP contribution is -2.37. The van der Waals surface area contributed by atoms with E-state index in [4.69, 9.17) is 4.74 Å². The number of nitrogens with zero attached hydrogens (tertiary/aromatic N) is 1. The van der Waals surface area contributed by atoms with Crippen molar-refractivity contribution < 1.29 is 9.53 Å². The Morgan fingerprint density at radius 3 is 3.06 bits per heavy atom. The number of likely N-dealkylation sites (tertiary alicyclic amines) is 1. The van der Waals surface area contributed by atoms with Gasteiger partial charge in [-0.05, 0) is 18.8 Å². The van der Waals surface area contributed by atoms with Crippen molar-refractivity contribution in [3.05, 3.63) is 0 Å². The molecule has 0 aromatic rings. The van der Waals surface area contributed by atoms with Gasteiger partial charge >= 0.3 is 0 Å². The van der Waals surface area contributed by atoms with Crippen LogP contribution in [-0.2, 0) is 9.53 Å². The van der Waals surface area contributed by atoms with Crippen molar-refractivity contribution in [3.63, 3.8) is 0 Å². The summed E-state index contributed by atoms with van der Waals surface area (Å²) in [6.45, 7) is 5.95. The van der Waals surface area contributed by atoms with Gasteiger partial charge in [0, 0.05) is 26.7 Å². The Morgan fingerprint density at radius 1 is 1.56 bits per heavy atom. The molecule has 16 heavy (non-hydrogen) atoms. The van der Waals surface area contributed by atoms with Crippen molar-refractivity contribution >= 4 is 5.91 Å². The van der Waals surface area contributed by atoms with Crippen LogP contribution >= 0.6 is 0 Å². The fourth-order valence-corrected chi connectivity index (χ4v) is 2.18. The minimum absolute atomic E-state index is 0.231. The van der Waals surface area contributed by atoms with E-state index in [0.29, 0.717) is 13.2 Å². The number of methoxy groups -OCH3 is 1. The predicted molar refractivity (Wildman–Crippen MR) is 64.3 cm³/mol. The van der Waals surface area contributed by atoms with E-state index in [1.54, 1.807) is 7.11 Å². The maximum absolute atomic E-state index is 11.8. The fourth-order valence-electron chi connectivity index (χ4n) is 2.18. The average Bonchev–Trinajstić information content (AvgIpc) is 2.73. The van der Waals surface area contributed by atoms with Gasteiger partial charge in [0.05, 0.1) is 13.2 Å². The lowest BCUT2D eigenvalue weighted by molar-refractivity contribution is -0.129. The van der Waals surface area contributed by atoms with Crippen LogP contribution in [0.4, 0.5) is 0 Å². The van der Waals surface area contributed by atoms with E-state index in [9.17, 15) is 4.79 Å². The summed E-state index contributed by atoms with van der Waals surface area (Å²) in [5, 5.41) is 3.09. The first-order chi connectivity index (χ1) is 7.77. The standard InChI is InChI=1S/C12H24N2O2/c1-3-4-11-5-7-14(10-11)12(15)9-13-6-8-16-2/h11,13H,3-10H2,1-2H3. The fraction of sp³-hybridized carbons (Fsp3) is 0.917. The summed E-state index contributed by atoms with van der Waals surface area (Å²) in [5.74, 6) is 0.961. The summed E-state index contributed by atoms with van der Waals surface area (Å²) < 4.78 is 4.91. The minimum Gasteiger partial charge on any atom is -0.383 e. The molecule has 1 rings (SSSR count). The number of hydrogen-bond donors (Lipinski definition) is 1. The van der Waals surface area contributed by atoms with E-state index < -0.39 is 0 Å². The molecule has 1 saturated heterocycles. The van der Waals surface area contributed by atoms with Crippen LogP contribution in [0, 0.1) is 5.92 Å². The minimum atomic E-state index is 0.231. The smallest absolute Gasteiger partial charge is 0.236 e. The zero-order valence-corrected chi connectivity index (χ0v) is 10.5. The molecular weight excluding hydrogens is 204 g/mol. The molecule has 0 radical (unpaired) electrons. The molecule has 1 aliphatic rings. The van der Waals surface area contributed by atoms with Gasteiger partial charge in [-0.15, -0.1) is 0 Å². The zero-order valence-electron chi connectivity index (χ0n) is 10.5. The Morgan fingerprint density at radius 2 is 2.38 bits per heavy atom. The third kappa shape index (κ3) is 4.49. The first-order valence-electron chi connectivity index (χ1n) is 6.25. The van der Waals surface area contributed by atoms with Gasteiger partial charge < -0.3 is 15.0 Å². The highest BCUT2D eigenvalue weighted by Crippen LogP contribution is 2.20. The maximum atomic E-state index is 11.8. The maximum Gasteiger partial charge on any atom is 0.236 e. The second-order valence-electron chi connectivity index (χ2n) is 4.45. The first kappa shape index (κ1) is 13.5. The number of ether oxygens (including phenoxy) is 1. The summed E-state index contributed by atoms with van der Waals surface area (Å²) in [6, 6.07) is 0. The molecule has 1 fully saturated rings. The molecule has 1 unspecified atom stereocenters. The van der Waals surface area contributed by atoms with Gasteiger partial charge in [-0.2, -0.15) is 0 Å². The average molecular weight is 228 g/mol. The molecular formula is C12H24N2O2. The van der Waals surface area contributed by atoms with Crippen LogP contribution < -0.4 is 5.32 Å². The van der Waals surface area contributed by atoms with E-state index in [0.717, 1.165) is 25.6 Å². The van der Waals surface area contributed by atoms with Crippen molar-refractivity contribution in [2.24, 2.45) is 5.92 Å². The van der Waals surface area contributed by atoms with Gasteiger partial charge in [0.2, 0.25) is 5.91 Å². The molecule has 0 spiro atoms. The van der Waals surface area contributed by atoms with Crippen molar-refractivity contribution in [2.45, 2.75) is 26.2 Å². The van der Waals surface area contributed by atoms with Gasteiger partial charge in [-0.25, -0.2) is 0 Å². The van der Waals surface area contributed by atoms with Gasteiger partial charge in [-0.1, -0.05) is 13.3 Å². The number of nitrogens with one attached hydrogen (secondary N) is 1. The van der Waals surface area contributed by atoms with Crippen molar-refractivity contribution in [3.8, 4) is 0 Å². The predicted octanol–water partition coefficient (Wildman–Crippen LogP) is 0.871. The summed E-state index contributed by atoms with van der Waals surface area (Å²) in [7, 11) is 1.67. The molecule has 1 amide bonds. The monoisotopic (exact) mass is 228 g/mol. The highest BCUT2D eigenvalue weighted by molar-refractivity contribution is 5.78. The molecule has 0 aromatic carbocycles. The van der Waals surface area contributed by atoms with E-state index in [1.165, 1.54) is 19.3 Å². The molecule has 1 aliphatic heterocycles. The molecule has 4 nitrogen and oxygen atoms in total. The highest BCUT2D eigenvalue weighted by atomic mass is 16.5. The van der Waals surface area contributed by atoms with Gasteiger partial charge in [-0.3, -0.25) is 4.79 Å². The topological polar surface area (TPSA) is 41.6 Å². The molecule has 1 heterocycles. The SMILES string of the molecule is CCCC1CCN(C(=O)CNCCOC)C1. The van der Waals surface area contributed by atoms with Crippen LogP contribution in [0.15, 0.2) is 0 Å². The second-order valence-corrected chi connectivity index (χ2v) is 4.45. The molecule has 1 N–H and O–H groups in total. The Balaban J connectivity index is 2.13. The molecule has 0 bridgehead atoms. The van der Waals surface area contributed by atoms with Crippen LogP contribution in [0.5, 0.6) is 0 Å². The van der Waals surface area contributed by atoms with Crippen LogP contribution in [0.2, 0.25) is 0 Å². The van der Waals surface area contributed by atoms with Gasteiger partial charge in [0.25, 0.3) is 0 Å². The van der Waals surface area contributed by atoms with E-state index in [2.05, 4.69) is 12.2 Å². The Labute approximate surface area is 98.3 Å². The number of carbonyl (C=O) groups is 1. The largest absolute Gasteiger partial charge is 0.383 e. The molecule has 94 valence electrons. The van der Waals surface area contributed by atoms with Crippen molar-refractivity contribution in [2.75, 3.05) is 39.9 Å². The second kappa shape index (κ2) is 7.63. The normalized spacial score (nSPS) is 20.4. The molecule has 4 heteroatoms. The first-order valence-corrected chi connectivity index (χ1v) is 6.25. The summed E-state index contributed by atoms with van der Waals surface area (Å²) in [6.07, 6.45) is 3.65. The van der Waals surface area contributed by atoms with Crippen LogP contribution in [0.3, 0.4) is 0 Å².